The highest BCUT2D eigenvalue weighted by Crippen LogP contribution is 2.19. The van der Waals surface area contributed by atoms with E-state index < -0.39 is 0 Å². The second kappa shape index (κ2) is 2.96. The van der Waals surface area contributed by atoms with Gasteiger partial charge in [0.2, 0.25) is 0 Å². The highest BCUT2D eigenvalue weighted by Gasteiger charge is 2.06. The van der Waals surface area contributed by atoms with Gasteiger partial charge in [0.1, 0.15) is 4.60 Å². The van der Waals surface area contributed by atoms with Crippen LogP contribution in [0.25, 0.3) is 11.0 Å². The summed E-state index contributed by atoms with van der Waals surface area (Å²) in [6.45, 7) is 0. The van der Waals surface area contributed by atoms with Crippen molar-refractivity contribution in [1.29, 1.82) is 0 Å². The van der Waals surface area contributed by atoms with Gasteiger partial charge in [-0.15, -0.1) is 0 Å². The molecule has 0 atom stereocenters. The Kier molecular flexibility index (Phi) is 1.92. The summed E-state index contributed by atoms with van der Waals surface area (Å²) in [7, 11) is 1.89. The lowest BCUT2D eigenvalue weighted by Crippen LogP contribution is -1.84. The van der Waals surface area contributed by atoms with E-state index in [0.717, 1.165) is 21.9 Å². The number of pyridine rings is 1. The van der Waals surface area contributed by atoms with Crippen LogP contribution in [0.1, 0.15) is 10.4 Å². The van der Waals surface area contributed by atoms with E-state index in [1.54, 1.807) is 6.20 Å². The zero-order valence-corrected chi connectivity index (χ0v) is 8.58. The largest absolute Gasteiger partial charge is 0.348 e. The maximum atomic E-state index is 10.7. The second-order valence-electron chi connectivity index (χ2n) is 2.81. The number of carbonyl (C=O) groups is 1. The van der Waals surface area contributed by atoms with E-state index in [9.17, 15) is 4.79 Å². The van der Waals surface area contributed by atoms with E-state index in [1.165, 1.54) is 0 Å². The molecule has 2 aromatic rings. The van der Waals surface area contributed by atoms with Crippen LogP contribution in [0.3, 0.4) is 0 Å². The summed E-state index contributed by atoms with van der Waals surface area (Å²) < 4.78 is 2.63. The number of hydrogen-bond acceptors (Lipinski definition) is 2. The molecule has 0 amide bonds. The van der Waals surface area contributed by atoms with Gasteiger partial charge in [0, 0.05) is 13.2 Å². The molecule has 0 saturated carbocycles. The number of halogens is 1. The Bertz CT molecular complexity index is 476. The van der Waals surface area contributed by atoms with Crippen LogP contribution in [0.15, 0.2) is 22.9 Å². The van der Waals surface area contributed by atoms with Crippen molar-refractivity contribution in [2.75, 3.05) is 0 Å². The molecule has 0 saturated heterocycles. The summed E-state index contributed by atoms with van der Waals surface area (Å²) in [6.07, 6.45) is 2.60. The van der Waals surface area contributed by atoms with Crippen molar-refractivity contribution in [3.63, 3.8) is 0 Å². The first-order chi connectivity index (χ1) is 6.22. The standard InChI is InChI=1S/C9H7BrN2O/c1-12-4-6(5-13)9-7(12)2-3-8(10)11-9/h2-5H,1H3. The normalized spacial score (nSPS) is 10.6. The summed E-state index contributed by atoms with van der Waals surface area (Å²) in [5, 5.41) is 0. The first kappa shape index (κ1) is 8.44. The molecule has 2 rings (SSSR count). The number of aldehydes is 1. The summed E-state index contributed by atoms with van der Waals surface area (Å²) in [5.74, 6) is 0. The van der Waals surface area contributed by atoms with Gasteiger partial charge >= 0.3 is 0 Å². The van der Waals surface area contributed by atoms with Gasteiger partial charge in [-0.05, 0) is 28.1 Å². The maximum Gasteiger partial charge on any atom is 0.153 e. The Balaban J connectivity index is 2.89. The number of aromatic nitrogens is 2. The van der Waals surface area contributed by atoms with Crippen LogP contribution in [0, 0.1) is 0 Å². The average molecular weight is 239 g/mol. The molecule has 0 N–H and O–H groups in total. The van der Waals surface area contributed by atoms with Crippen molar-refractivity contribution in [2.45, 2.75) is 0 Å². The molecule has 2 heterocycles. The first-order valence-corrected chi connectivity index (χ1v) is 4.58. The summed E-state index contributed by atoms with van der Waals surface area (Å²) in [4.78, 5) is 14.9. The van der Waals surface area contributed by atoms with E-state index in [-0.39, 0.29) is 0 Å². The van der Waals surface area contributed by atoms with Crippen LogP contribution < -0.4 is 0 Å². The van der Waals surface area contributed by atoms with Crippen molar-refractivity contribution >= 4 is 33.2 Å². The number of fused-ring (bicyclic) bond motifs is 1. The van der Waals surface area contributed by atoms with Gasteiger partial charge in [-0.1, -0.05) is 0 Å². The van der Waals surface area contributed by atoms with Crippen LogP contribution in [0.4, 0.5) is 0 Å². The first-order valence-electron chi connectivity index (χ1n) is 3.79. The summed E-state index contributed by atoms with van der Waals surface area (Å²) in [5.41, 5.74) is 2.33. The van der Waals surface area contributed by atoms with Crippen LogP contribution in [0.5, 0.6) is 0 Å². The fourth-order valence-electron chi connectivity index (χ4n) is 1.35. The Labute approximate surface area is 83.5 Å². The van der Waals surface area contributed by atoms with E-state index in [1.807, 2.05) is 23.7 Å². The molecule has 0 spiro atoms. The molecule has 13 heavy (non-hydrogen) atoms. The summed E-state index contributed by atoms with van der Waals surface area (Å²) in [6, 6.07) is 3.79. The molecule has 2 aromatic heterocycles. The van der Waals surface area contributed by atoms with Crippen molar-refractivity contribution in [1.82, 2.24) is 9.55 Å². The lowest BCUT2D eigenvalue weighted by Gasteiger charge is -1.94. The van der Waals surface area contributed by atoms with Crippen molar-refractivity contribution in [2.24, 2.45) is 7.05 Å². The molecule has 0 bridgehead atoms. The monoisotopic (exact) mass is 238 g/mol. The highest BCUT2D eigenvalue weighted by atomic mass is 79.9. The summed E-state index contributed by atoms with van der Waals surface area (Å²) >= 11 is 3.27. The minimum absolute atomic E-state index is 0.624. The molecule has 0 fully saturated rings. The lowest BCUT2D eigenvalue weighted by molar-refractivity contribution is 0.112. The molecular weight excluding hydrogens is 232 g/mol. The smallest absolute Gasteiger partial charge is 0.153 e. The van der Waals surface area contributed by atoms with Crippen LogP contribution in [0.2, 0.25) is 0 Å². The van der Waals surface area contributed by atoms with E-state index >= 15 is 0 Å². The Morgan fingerprint density at radius 2 is 2.31 bits per heavy atom. The third kappa shape index (κ3) is 1.27. The number of aryl methyl sites for hydroxylation is 1. The van der Waals surface area contributed by atoms with Gasteiger partial charge in [0.15, 0.2) is 6.29 Å². The minimum Gasteiger partial charge on any atom is -0.348 e. The fraction of sp³-hybridized carbons (Fsp3) is 0.111. The fourth-order valence-corrected chi connectivity index (χ4v) is 1.66. The van der Waals surface area contributed by atoms with E-state index in [0.29, 0.717) is 5.56 Å². The zero-order chi connectivity index (χ0) is 9.42. The molecule has 0 aliphatic rings. The van der Waals surface area contributed by atoms with Crippen molar-refractivity contribution in [3.05, 3.63) is 28.5 Å². The Hall–Kier alpha value is -1.16. The Morgan fingerprint density at radius 1 is 1.54 bits per heavy atom. The molecule has 0 aliphatic carbocycles. The maximum absolute atomic E-state index is 10.7. The van der Waals surface area contributed by atoms with Gasteiger partial charge < -0.3 is 4.57 Å². The number of carbonyl (C=O) groups excluding carboxylic acids is 1. The van der Waals surface area contributed by atoms with Crippen LogP contribution in [-0.4, -0.2) is 15.8 Å². The van der Waals surface area contributed by atoms with Crippen LogP contribution >= 0.6 is 15.9 Å². The topological polar surface area (TPSA) is 34.9 Å². The van der Waals surface area contributed by atoms with Gasteiger partial charge in [-0.3, -0.25) is 4.79 Å². The third-order valence-electron chi connectivity index (χ3n) is 1.95. The van der Waals surface area contributed by atoms with Crippen molar-refractivity contribution in [3.8, 4) is 0 Å². The number of nitrogens with zero attached hydrogens (tertiary/aromatic N) is 2. The molecule has 0 aliphatic heterocycles. The molecule has 66 valence electrons. The van der Waals surface area contributed by atoms with Crippen LogP contribution in [-0.2, 0) is 7.05 Å². The minimum atomic E-state index is 0.624. The molecule has 0 radical (unpaired) electrons. The van der Waals surface area contributed by atoms with E-state index in [4.69, 9.17) is 0 Å². The molecule has 3 nitrogen and oxygen atoms in total. The Morgan fingerprint density at radius 3 is 3.00 bits per heavy atom. The lowest BCUT2D eigenvalue weighted by atomic mass is 10.3. The quantitative estimate of drug-likeness (QED) is 0.564. The second-order valence-corrected chi connectivity index (χ2v) is 3.63. The van der Waals surface area contributed by atoms with E-state index in [2.05, 4.69) is 20.9 Å². The van der Waals surface area contributed by atoms with Gasteiger partial charge in [0.05, 0.1) is 16.6 Å². The number of hydrogen-bond donors (Lipinski definition) is 0. The van der Waals surface area contributed by atoms with Gasteiger partial charge in [-0.25, -0.2) is 4.98 Å². The predicted molar refractivity (Wildman–Crippen MR) is 53.8 cm³/mol. The van der Waals surface area contributed by atoms with Gasteiger partial charge in [-0.2, -0.15) is 0 Å². The molecular formula is C9H7BrN2O. The molecule has 0 aromatic carbocycles. The van der Waals surface area contributed by atoms with Crippen molar-refractivity contribution < 1.29 is 4.79 Å². The predicted octanol–water partition coefficient (Wildman–Crippen LogP) is 2.15. The average Bonchev–Trinajstić information content (AvgIpc) is 2.42. The zero-order valence-electron chi connectivity index (χ0n) is 6.99. The molecule has 4 heteroatoms. The van der Waals surface area contributed by atoms with Gasteiger partial charge in [0.25, 0.3) is 0 Å². The SMILES string of the molecule is Cn1cc(C=O)c2nc(Br)ccc21. The molecule has 0 unspecified atom stereocenters. The highest BCUT2D eigenvalue weighted by molar-refractivity contribution is 9.10. The number of rotatable bonds is 1. The third-order valence-corrected chi connectivity index (χ3v) is 2.39.